The van der Waals surface area contributed by atoms with Crippen LogP contribution in [0.2, 0.25) is 0 Å². The van der Waals surface area contributed by atoms with Gasteiger partial charge in [0.2, 0.25) is 10.0 Å². The molecule has 1 fully saturated rings. The second-order valence-electron chi connectivity index (χ2n) is 4.90. The largest absolute Gasteiger partial charge is 0.397 e. The van der Waals surface area contributed by atoms with E-state index in [0.717, 1.165) is 24.6 Å². The van der Waals surface area contributed by atoms with Crippen LogP contribution >= 0.6 is 0 Å². The average Bonchev–Trinajstić information content (AvgIpc) is 2.91. The number of rotatable bonds is 6. The summed E-state index contributed by atoms with van der Waals surface area (Å²) in [6, 6.07) is 3.31. The highest BCUT2D eigenvalue weighted by Crippen LogP contribution is 2.24. The first-order chi connectivity index (χ1) is 9.90. The first kappa shape index (κ1) is 15.7. The summed E-state index contributed by atoms with van der Waals surface area (Å²) in [5, 5.41) is 10.6. The molecule has 3 N–H and O–H groups in total. The molecule has 0 bridgehead atoms. The fourth-order valence-corrected chi connectivity index (χ4v) is 3.34. The van der Waals surface area contributed by atoms with Crippen LogP contribution in [0.5, 0.6) is 0 Å². The summed E-state index contributed by atoms with van der Waals surface area (Å²) in [5.74, 6) is 0.363. The summed E-state index contributed by atoms with van der Waals surface area (Å²) in [7, 11) is -3.76. The van der Waals surface area contributed by atoms with Crippen LogP contribution < -0.4 is 10.5 Å². The van der Waals surface area contributed by atoms with E-state index in [1.807, 2.05) is 0 Å². The molecule has 116 valence electrons. The summed E-state index contributed by atoms with van der Waals surface area (Å²) < 4.78 is 31.9. The molecule has 0 aromatic heterocycles. The Labute approximate surface area is 122 Å². The molecular formula is C12H17N3O5S. The van der Waals surface area contributed by atoms with Crippen molar-refractivity contribution in [1.82, 2.24) is 4.72 Å². The highest BCUT2D eigenvalue weighted by atomic mass is 32.2. The van der Waals surface area contributed by atoms with Gasteiger partial charge in [0.05, 0.1) is 10.6 Å². The van der Waals surface area contributed by atoms with E-state index in [0.29, 0.717) is 25.6 Å². The Morgan fingerprint density at radius 2 is 2.24 bits per heavy atom. The van der Waals surface area contributed by atoms with Gasteiger partial charge in [-0.25, -0.2) is 13.1 Å². The number of sulfonamides is 1. The lowest BCUT2D eigenvalue weighted by Crippen LogP contribution is -2.27. The molecule has 0 spiro atoms. The monoisotopic (exact) mass is 315 g/mol. The van der Waals surface area contributed by atoms with Gasteiger partial charge in [-0.05, 0) is 24.8 Å². The number of nitrogens with zero attached hydrogens (tertiary/aromatic N) is 1. The third-order valence-electron chi connectivity index (χ3n) is 3.36. The van der Waals surface area contributed by atoms with E-state index in [1.165, 1.54) is 0 Å². The quantitative estimate of drug-likeness (QED) is 0.456. The smallest absolute Gasteiger partial charge is 0.271 e. The maximum atomic E-state index is 12.1. The molecule has 1 saturated heterocycles. The number of nitro benzene ring substituents is 1. The summed E-state index contributed by atoms with van der Waals surface area (Å²) in [5.41, 5.74) is 5.22. The molecule has 0 saturated carbocycles. The fraction of sp³-hybridized carbons (Fsp3) is 0.500. The number of nitrogens with two attached hydrogens (primary N) is 1. The first-order valence-corrected chi connectivity index (χ1v) is 8.00. The second-order valence-corrected chi connectivity index (χ2v) is 6.63. The van der Waals surface area contributed by atoms with E-state index in [4.69, 9.17) is 10.5 Å². The van der Waals surface area contributed by atoms with Gasteiger partial charge in [0.25, 0.3) is 5.69 Å². The summed E-state index contributed by atoms with van der Waals surface area (Å²) in [4.78, 5) is 9.84. The molecule has 1 atom stereocenters. The zero-order valence-corrected chi connectivity index (χ0v) is 12.1. The van der Waals surface area contributed by atoms with Crippen molar-refractivity contribution in [1.29, 1.82) is 0 Å². The number of hydrogen-bond donors (Lipinski definition) is 2. The SMILES string of the molecule is Nc1cc([N+](=O)[O-])ccc1S(=O)(=O)NCCC1CCOC1. The van der Waals surface area contributed by atoms with Crippen LogP contribution in [-0.4, -0.2) is 33.1 Å². The zero-order chi connectivity index (χ0) is 15.5. The number of non-ortho nitro benzene ring substituents is 1. The van der Waals surface area contributed by atoms with E-state index in [1.54, 1.807) is 0 Å². The Balaban J connectivity index is 2.03. The lowest BCUT2D eigenvalue weighted by atomic mass is 10.1. The Bertz CT molecular complexity index is 626. The predicted molar refractivity (Wildman–Crippen MR) is 76.2 cm³/mol. The maximum absolute atomic E-state index is 12.1. The predicted octanol–water partition coefficient (Wildman–Crippen LogP) is 0.882. The topological polar surface area (TPSA) is 125 Å². The molecule has 1 aliphatic rings. The van der Waals surface area contributed by atoms with Crippen LogP contribution in [0.1, 0.15) is 12.8 Å². The van der Waals surface area contributed by atoms with E-state index < -0.39 is 14.9 Å². The van der Waals surface area contributed by atoms with E-state index in [2.05, 4.69) is 4.72 Å². The number of nitro groups is 1. The molecule has 0 radical (unpaired) electrons. The van der Waals surface area contributed by atoms with Gasteiger partial charge in [0, 0.05) is 31.9 Å². The van der Waals surface area contributed by atoms with Crippen LogP contribution in [0.3, 0.4) is 0 Å². The Morgan fingerprint density at radius 3 is 2.81 bits per heavy atom. The third-order valence-corrected chi connectivity index (χ3v) is 4.90. The lowest BCUT2D eigenvalue weighted by molar-refractivity contribution is -0.384. The van der Waals surface area contributed by atoms with Crippen molar-refractivity contribution in [2.75, 3.05) is 25.5 Å². The summed E-state index contributed by atoms with van der Waals surface area (Å²) >= 11 is 0. The Morgan fingerprint density at radius 1 is 1.48 bits per heavy atom. The van der Waals surface area contributed by atoms with E-state index in [-0.39, 0.29) is 22.8 Å². The van der Waals surface area contributed by atoms with Gasteiger partial charge < -0.3 is 10.5 Å². The molecular weight excluding hydrogens is 298 g/mol. The van der Waals surface area contributed by atoms with E-state index >= 15 is 0 Å². The molecule has 1 aromatic rings. The molecule has 1 heterocycles. The highest BCUT2D eigenvalue weighted by molar-refractivity contribution is 7.89. The molecule has 1 aliphatic heterocycles. The third kappa shape index (κ3) is 3.90. The van der Waals surface area contributed by atoms with E-state index in [9.17, 15) is 18.5 Å². The number of hydrogen-bond acceptors (Lipinski definition) is 6. The molecule has 2 rings (SSSR count). The lowest BCUT2D eigenvalue weighted by Gasteiger charge is -2.11. The summed E-state index contributed by atoms with van der Waals surface area (Å²) in [6.07, 6.45) is 1.62. The standard InChI is InChI=1S/C12H17N3O5S/c13-11-7-10(15(16)17)1-2-12(11)21(18,19)14-5-3-9-4-6-20-8-9/h1-2,7,9,14H,3-6,8,13H2. The number of nitrogen functional groups attached to an aromatic ring is 1. The minimum Gasteiger partial charge on any atom is -0.397 e. The van der Waals surface area contributed by atoms with Gasteiger partial charge in [0.15, 0.2) is 0 Å². The minimum absolute atomic E-state index is 0.138. The summed E-state index contributed by atoms with van der Waals surface area (Å²) in [6.45, 7) is 1.65. The minimum atomic E-state index is -3.76. The average molecular weight is 315 g/mol. The Hall–Kier alpha value is -1.71. The van der Waals surface area contributed by atoms with Gasteiger partial charge >= 0.3 is 0 Å². The van der Waals surface area contributed by atoms with Crippen LogP contribution in [-0.2, 0) is 14.8 Å². The maximum Gasteiger partial charge on any atom is 0.271 e. The van der Waals surface area contributed by atoms with Gasteiger partial charge in [-0.2, -0.15) is 0 Å². The molecule has 1 unspecified atom stereocenters. The second kappa shape index (κ2) is 6.37. The van der Waals surface area contributed by atoms with Crippen molar-refractivity contribution in [3.63, 3.8) is 0 Å². The molecule has 1 aromatic carbocycles. The van der Waals surface area contributed by atoms with Crippen molar-refractivity contribution in [3.8, 4) is 0 Å². The fourth-order valence-electron chi connectivity index (χ4n) is 2.18. The number of anilines is 1. The van der Waals surface area contributed by atoms with Crippen molar-refractivity contribution >= 4 is 21.4 Å². The number of benzene rings is 1. The Kier molecular flexibility index (Phi) is 4.76. The van der Waals surface area contributed by atoms with Crippen molar-refractivity contribution in [3.05, 3.63) is 28.3 Å². The van der Waals surface area contributed by atoms with Crippen molar-refractivity contribution < 1.29 is 18.1 Å². The van der Waals surface area contributed by atoms with Crippen LogP contribution in [0.25, 0.3) is 0 Å². The highest BCUT2D eigenvalue weighted by Gasteiger charge is 2.21. The normalized spacial score (nSPS) is 18.8. The van der Waals surface area contributed by atoms with Crippen molar-refractivity contribution in [2.45, 2.75) is 17.7 Å². The zero-order valence-electron chi connectivity index (χ0n) is 11.3. The molecule has 8 nitrogen and oxygen atoms in total. The molecule has 0 aliphatic carbocycles. The number of ether oxygens (including phenoxy) is 1. The van der Waals surface area contributed by atoms with Gasteiger partial charge in [0.1, 0.15) is 4.90 Å². The molecule has 9 heteroatoms. The van der Waals surface area contributed by atoms with Gasteiger partial charge in [-0.15, -0.1) is 0 Å². The van der Waals surface area contributed by atoms with Crippen LogP contribution in [0.4, 0.5) is 11.4 Å². The van der Waals surface area contributed by atoms with Crippen LogP contribution in [0.15, 0.2) is 23.1 Å². The molecule has 0 amide bonds. The molecule has 21 heavy (non-hydrogen) atoms. The van der Waals surface area contributed by atoms with Gasteiger partial charge in [-0.3, -0.25) is 10.1 Å². The van der Waals surface area contributed by atoms with Gasteiger partial charge in [-0.1, -0.05) is 0 Å². The first-order valence-electron chi connectivity index (χ1n) is 6.51. The van der Waals surface area contributed by atoms with Crippen molar-refractivity contribution in [2.24, 2.45) is 5.92 Å². The van der Waals surface area contributed by atoms with Crippen LogP contribution in [0, 0.1) is 16.0 Å². The number of nitrogens with one attached hydrogen (secondary N) is 1.